The zero-order valence-corrected chi connectivity index (χ0v) is 16.9. The van der Waals surface area contributed by atoms with Gasteiger partial charge >= 0.3 is 0 Å². The summed E-state index contributed by atoms with van der Waals surface area (Å²) in [6, 6.07) is 7.43. The Bertz CT molecular complexity index is 898. The molecule has 0 atom stereocenters. The second-order valence-electron chi connectivity index (χ2n) is 5.79. The largest absolute Gasteiger partial charge is 0.378 e. The second-order valence-corrected chi connectivity index (χ2v) is 7.48. The van der Waals surface area contributed by atoms with E-state index in [1.807, 2.05) is 0 Å². The summed E-state index contributed by atoms with van der Waals surface area (Å²) < 4.78 is 5.27. The number of morpholine rings is 1. The molecule has 0 saturated carbocycles. The summed E-state index contributed by atoms with van der Waals surface area (Å²) in [5.74, 6) is -0.808. The van der Waals surface area contributed by atoms with Gasteiger partial charge in [0.25, 0.3) is 11.8 Å². The summed E-state index contributed by atoms with van der Waals surface area (Å²) in [5, 5.41) is 3.70. The van der Waals surface area contributed by atoms with Crippen molar-refractivity contribution < 1.29 is 14.3 Å². The number of amides is 2. The van der Waals surface area contributed by atoms with E-state index in [2.05, 4.69) is 5.32 Å². The van der Waals surface area contributed by atoms with Crippen LogP contribution in [0.2, 0.25) is 20.1 Å². The van der Waals surface area contributed by atoms with Crippen LogP contribution < -0.4 is 5.32 Å². The molecule has 0 spiro atoms. The van der Waals surface area contributed by atoms with Gasteiger partial charge < -0.3 is 15.0 Å². The van der Waals surface area contributed by atoms with Gasteiger partial charge in [0.15, 0.2) is 0 Å². The van der Waals surface area contributed by atoms with E-state index >= 15 is 0 Å². The highest BCUT2D eigenvalue weighted by molar-refractivity contribution is 6.39. The summed E-state index contributed by atoms with van der Waals surface area (Å²) >= 11 is 24.3. The van der Waals surface area contributed by atoms with E-state index in [4.69, 9.17) is 51.1 Å². The fourth-order valence-electron chi connectivity index (χ4n) is 2.66. The Kier molecular flexibility index (Phi) is 6.50. The van der Waals surface area contributed by atoms with E-state index < -0.39 is 5.91 Å². The number of hydrogen-bond donors (Lipinski definition) is 1. The van der Waals surface area contributed by atoms with Crippen molar-refractivity contribution in [1.82, 2.24) is 4.90 Å². The lowest BCUT2D eigenvalue weighted by Crippen LogP contribution is -2.41. The van der Waals surface area contributed by atoms with Crippen LogP contribution in [-0.2, 0) is 4.74 Å². The first-order chi connectivity index (χ1) is 12.9. The third kappa shape index (κ3) is 4.68. The molecule has 142 valence electrons. The van der Waals surface area contributed by atoms with Gasteiger partial charge in [-0.25, -0.2) is 0 Å². The minimum atomic E-state index is -0.517. The molecule has 1 fully saturated rings. The van der Waals surface area contributed by atoms with Gasteiger partial charge in [0.2, 0.25) is 0 Å². The van der Waals surface area contributed by atoms with Crippen LogP contribution in [-0.4, -0.2) is 43.0 Å². The molecule has 5 nitrogen and oxygen atoms in total. The van der Waals surface area contributed by atoms with Crippen molar-refractivity contribution >= 4 is 63.9 Å². The molecule has 1 aliphatic rings. The molecule has 3 rings (SSSR count). The standard InChI is InChI=1S/C18H14Cl4N2O3/c19-10-1-2-12(14(21)8-10)17(25)23-16-13(7-11(20)9-15(16)22)18(26)24-3-5-27-6-4-24/h1-2,7-9H,3-6H2,(H,23,25). The van der Waals surface area contributed by atoms with Gasteiger partial charge in [-0.15, -0.1) is 0 Å². The maximum absolute atomic E-state index is 12.9. The summed E-state index contributed by atoms with van der Waals surface area (Å²) in [4.78, 5) is 27.2. The van der Waals surface area contributed by atoms with Crippen LogP contribution in [0.1, 0.15) is 20.7 Å². The van der Waals surface area contributed by atoms with E-state index in [1.54, 1.807) is 11.0 Å². The zero-order chi connectivity index (χ0) is 19.6. The molecule has 1 heterocycles. The Morgan fingerprint density at radius 2 is 1.56 bits per heavy atom. The van der Waals surface area contributed by atoms with Gasteiger partial charge in [0, 0.05) is 23.1 Å². The van der Waals surface area contributed by atoms with Crippen molar-refractivity contribution in [3.05, 3.63) is 61.5 Å². The number of carbonyl (C=O) groups excluding carboxylic acids is 2. The molecule has 2 amide bonds. The highest BCUT2D eigenvalue weighted by Gasteiger charge is 2.25. The SMILES string of the molecule is O=C(Nc1c(Cl)cc(Cl)cc1C(=O)N1CCOCC1)c1ccc(Cl)cc1Cl. The van der Waals surface area contributed by atoms with Gasteiger partial charge in [-0.1, -0.05) is 46.4 Å². The molecule has 1 aliphatic heterocycles. The predicted octanol–water partition coefficient (Wildman–Crippen LogP) is 5.02. The van der Waals surface area contributed by atoms with Gasteiger partial charge in [0.05, 0.1) is 40.1 Å². The third-order valence-electron chi connectivity index (χ3n) is 4.00. The number of halogens is 4. The predicted molar refractivity (Wildman–Crippen MR) is 108 cm³/mol. The topological polar surface area (TPSA) is 58.6 Å². The number of anilines is 1. The molecule has 1 saturated heterocycles. The average molecular weight is 448 g/mol. The van der Waals surface area contributed by atoms with E-state index in [1.165, 1.54) is 24.3 Å². The third-order valence-corrected chi connectivity index (χ3v) is 5.06. The average Bonchev–Trinajstić information content (AvgIpc) is 2.63. The first-order valence-electron chi connectivity index (χ1n) is 7.99. The molecule has 0 radical (unpaired) electrons. The van der Waals surface area contributed by atoms with Crippen LogP contribution in [0.4, 0.5) is 5.69 Å². The molecule has 0 aliphatic carbocycles. The summed E-state index contributed by atoms with van der Waals surface area (Å²) in [6.07, 6.45) is 0. The maximum Gasteiger partial charge on any atom is 0.257 e. The number of hydrogen-bond acceptors (Lipinski definition) is 3. The number of nitrogens with zero attached hydrogens (tertiary/aromatic N) is 1. The molecular weight excluding hydrogens is 434 g/mol. The Morgan fingerprint density at radius 1 is 0.889 bits per heavy atom. The van der Waals surface area contributed by atoms with Crippen molar-refractivity contribution in [2.45, 2.75) is 0 Å². The lowest BCUT2D eigenvalue weighted by molar-refractivity contribution is 0.0303. The van der Waals surface area contributed by atoms with Crippen LogP contribution in [0.5, 0.6) is 0 Å². The van der Waals surface area contributed by atoms with Crippen molar-refractivity contribution in [3.63, 3.8) is 0 Å². The summed E-state index contributed by atoms with van der Waals surface area (Å²) in [6.45, 7) is 1.78. The number of carbonyl (C=O) groups is 2. The van der Waals surface area contributed by atoms with Crippen molar-refractivity contribution in [2.75, 3.05) is 31.6 Å². The highest BCUT2D eigenvalue weighted by Crippen LogP contribution is 2.32. The van der Waals surface area contributed by atoms with Gasteiger partial charge in [-0.05, 0) is 30.3 Å². The van der Waals surface area contributed by atoms with Crippen LogP contribution in [0.25, 0.3) is 0 Å². The molecule has 2 aromatic carbocycles. The van der Waals surface area contributed by atoms with Crippen LogP contribution in [0.3, 0.4) is 0 Å². The molecular formula is C18H14Cl4N2O3. The summed E-state index contributed by atoms with van der Waals surface area (Å²) in [5.41, 5.74) is 0.582. The number of ether oxygens (including phenoxy) is 1. The lowest BCUT2D eigenvalue weighted by atomic mass is 10.1. The normalized spacial score (nSPS) is 14.1. The molecule has 1 N–H and O–H groups in total. The van der Waals surface area contributed by atoms with Crippen molar-refractivity contribution in [1.29, 1.82) is 0 Å². The maximum atomic E-state index is 12.9. The van der Waals surface area contributed by atoms with E-state index in [9.17, 15) is 9.59 Å². The van der Waals surface area contributed by atoms with Crippen LogP contribution >= 0.6 is 46.4 Å². The van der Waals surface area contributed by atoms with Crippen LogP contribution in [0.15, 0.2) is 30.3 Å². The Hall–Kier alpha value is -1.50. The van der Waals surface area contributed by atoms with E-state index in [0.717, 1.165) is 0 Å². The Morgan fingerprint density at radius 3 is 2.22 bits per heavy atom. The first kappa shape index (κ1) is 20.2. The monoisotopic (exact) mass is 446 g/mol. The van der Waals surface area contributed by atoms with E-state index in [-0.39, 0.29) is 32.8 Å². The fraction of sp³-hybridized carbons (Fsp3) is 0.222. The van der Waals surface area contributed by atoms with E-state index in [0.29, 0.717) is 36.3 Å². The number of benzene rings is 2. The first-order valence-corrected chi connectivity index (χ1v) is 9.50. The molecule has 0 aromatic heterocycles. The molecule has 2 aromatic rings. The molecule has 0 bridgehead atoms. The quantitative estimate of drug-likeness (QED) is 0.718. The fourth-order valence-corrected chi connectivity index (χ4v) is 3.70. The van der Waals surface area contributed by atoms with Gasteiger partial charge in [-0.3, -0.25) is 9.59 Å². The lowest BCUT2D eigenvalue weighted by Gasteiger charge is -2.28. The van der Waals surface area contributed by atoms with Crippen LogP contribution in [0, 0.1) is 0 Å². The molecule has 0 unspecified atom stereocenters. The Labute approximate surface area is 176 Å². The minimum Gasteiger partial charge on any atom is -0.378 e. The minimum absolute atomic E-state index is 0.151. The van der Waals surface area contributed by atoms with Gasteiger partial charge in [-0.2, -0.15) is 0 Å². The van der Waals surface area contributed by atoms with Crippen molar-refractivity contribution in [2.24, 2.45) is 0 Å². The van der Waals surface area contributed by atoms with Gasteiger partial charge in [0.1, 0.15) is 0 Å². The smallest absolute Gasteiger partial charge is 0.257 e. The second kappa shape index (κ2) is 8.67. The Balaban J connectivity index is 1.94. The zero-order valence-electron chi connectivity index (χ0n) is 13.9. The highest BCUT2D eigenvalue weighted by atomic mass is 35.5. The summed E-state index contributed by atoms with van der Waals surface area (Å²) in [7, 11) is 0. The number of rotatable bonds is 3. The number of nitrogens with one attached hydrogen (secondary N) is 1. The van der Waals surface area contributed by atoms with Crippen molar-refractivity contribution in [3.8, 4) is 0 Å². The molecule has 27 heavy (non-hydrogen) atoms. The molecule has 9 heteroatoms.